The topological polar surface area (TPSA) is 71.8 Å². The van der Waals surface area contributed by atoms with Gasteiger partial charge in [-0.25, -0.2) is 4.98 Å². The summed E-state index contributed by atoms with van der Waals surface area (Å²) < 4.78 is 0. The van der Waals surface area contributed by atoms with Gasteiger partial charge in [0, 0.05) is 30.5 Å². The molecule has 0 bridgehead atoms. The number of aromatic amines is 1. The maximum absolute atomic E-state index is 10.7. The molecule has 1 aromatic rings. The lowest BCUT2D eigenvalue weighted by Gasteiger charge is -2.14. The number of hydrogen-bond donors (Lipinski definition) is 1. The first-order valence-corrected chi connectivity index (χ1v) is 4.69. The second kappa shape index (κ2) is 3.68. The molecule has 0 aliphatic heterocycles. The van der Waals surface area contributed by atoms with Crippen molar-refractivity contribution in [2.75, 3.05) is 0 Å². The van der Waals surface area contributed by atoms with Crippen LogP contribution < -0.4 is 0 Å². The molecule has 1 aliphatic rings. The summed E-state index contributed by atoms with van der Waals surface area (Å²) in [4.78, 5) is 17.4. The molecule has 1 N–H and O–H groups in total. The van der Waals surface area contributed by atoms with Crippen molar-refractivity contribution in [1.82, 2.24) is 9.97 Å². The molecule has 1 atom stereocenters. The third kappa shape index (κ3) is 1.96. The number of imidazole rings is 1. The number of hydrogen-bond acceptors (Lipinski definition) is 3. The minimum atomic E-state index is -0.362. The lowest BCUT2D eigenvalue weighted by atomic mass is 9.93. The van der Waals surface area contributed by atoms with Crippen molar-refractivity contribution in [3.05, 3.63) is 51.8 Å². The molecule has 2 rings (SSSR count). The van der Waals surface area contributed by atoms with Gasteiger partial charge in [0.15, 0.2) is 0 Å². The number of aromatic nitrogens is 2. The van der Waals surface area contributed by atoms with Gasteiger partial charge in [0.1, 0.15) is 5.82 Å². The van der Waals surface area contributed by atoms with Gasteiger partial charge in [0.05, 0.1) is 4.92 Å². The molecule has 1 aliphatic carbocycles. The molecule has 0 radical (unpaired) electrons. The largest absolute Gasteiger partial charge is 0.348 e. The van der Waals surface area contributed by atoms with Gasteiger partial charge < -0.3 is 4.98 Å². The van der Waals surface area contributed by atoms with E-state index in [2.05, 4.69) is 9.97 Å². The molecule has 15 heavy (non-hydrogen) atoms. The van der Waals surface area contributed by atoms with E-state index < -0.39 is 0 Å². The van der Waals surface area contributed by atoms with Gasteiger partial charge in [-0.1, -0.05) is 5.57 Å². The van der Waals surface area contributed by atoms with Crippen molar-refractivity contribution in [2.24, 2.45) is 0 Å². The maximum atomic E-state index is 10.7. The first-order valence-electron chi connectivity index (χ1n) is 4.69. The van der Waals surface area contributed by atoms with Crippen molar-refractivity contribution in [3.63, 3.8) is 0 Å². The monoisotopic (exact) mass is 205 g/mol. The fraction of sp³-hybridized carbons (Fsp3) is 0.300. The predicted octanol–water partition coefficient (Wildman–Crippen LogP) is 2.00. The Balaban J connectivity index is 2.31. The van der Waals surface area contributed by atoms with Crippen molar-refractivity contribution >= 4 is 0 Å². The van der Waals surface area contributed by atoms with Crippen molar-refractivity contribution in [3.8, 4) is 0 Å². The second-order valence-electron chi connectivity index (χ2n) is 3.62. The Hall–Kier alpha value is -1.91. The molecule has 78 valence electrons. The summed E-state index contributed by atoms with van der Waals surface area (Å²) in [6, 6.07) is 0. The Kier molecular flexibility index (Phi) is 2.37. The van der Waals surface area contributed by atoms with E-state index in [1.807, 2.05) is 6.92 Å². The lowest BCUT2D eigenvalue weighted by molar-refractivity contribution is -0.419. The summed E-state index contributed by atoms with van der Waals surface area (Å²) in [5.74, 6) is 0.771. The molecule has 5 nitrogen and oxygen atoms in total. The summed E-state index contributed by atoms with van der Waals surface area (Å²) in [6.07, 6.45) is 7.42. The fourth-order valence-corrected chi connectivity index (χ4v) is 1.74. The number of allylic oxidation sites excluding steroid dienone is 3. The molecular weight excluding hydrogens is 194 g/mol. The van der Waals surface area contributed by atoms with Gasteiger partial charge in [0.2, 0.25) is 0 Å². The molecule has 1 unspecified atom stereocenters. The molecule has 0 amide bonds. The first-order chi connectivity index (χ1) is 7.16. The Morgan fingerprint density at radius 3 is 3.07 bits per heavy atom. The highest BCUT2D eigenvalue weighted by Crippen LogP contribution is 2.28. The van der Waals surface area contributed by atoms with E-state index in [0.717, 1.165) is 17.8 Å². The highest BCUT2D eigenvalue weighted by molar-refractivity contribution is 5.28. The van der Waals surface area contributed by atoms with Gasteiger partial charge in [-0.05, 0) is 13.3 Å². The number of nitrogens with one attached hydrogen (secondary N) is 1. The number of H-pyrrole nitrogens is 1. The van der Waals surface area contributed by atoms with Gasteiger partial charge >= 0.3 is 0 Å². The molecule has 0 aromatic carbocycles. The minimum Gasteiger partial charge on any atom is -0.348 e. The van der Waals surface area contributed by atoms with Gasteiger partial charge in [-0.2, -0.15) is 0 Å². The Morgan fingerprint density at radius 2 is 2.47 bits per heavy atom. The Labute approximate surface area is 86.7 Å². The molecule has 1 heterocycles. The number of nitro groups is 1. The molecule has 0 saturated heterocycles. The zero-order valence-corrected chi connectivity index (χ0v) is 8.30. The van der Waals surface area contributed by atoms with E-state index in [4.69, 9.17) is 0 Å². The van der Waals surface area contributed by atoms with Gasteiger partial charge in [0.25, 0.3) is 5.70 Å². The quantitative estimate of drug-likeness (QED) is 0.592. The van der Waals surface area contributed by atoms with Crippen LogP contribution in [0.3, 0.4) is 0 Å². The van der Waals surface area contributed by atoms with Crippen LogP contribution in [0.1, 0.15) is 25.1 Å². The van der Waals surface area contributed by atoms with Crippen LogP contribution in [-0.4, -0.2) is 14.9 Å². The average Bonchev–Trinajstić information content (AvgIpc) is 2.69. The van der Waals surface area contributed by atoms with Crippen LogP contribution in [-0.2, 0) is 0 Å². The summed E-state index contributed by atoms with van der Waals surface area (Å²) in [7, 11) is 0. The van der Waals surface area contributed by atoms with Crippen LogP contribution in [0, 0.1) is 10.1 Å². The van der Waals surface area contributed by atoms with Crippen LogP contribution in [0.15, 0.2) is 35.8 Å². The lowest BCUT2D eigenvalue weighted by Crippen LogP contribution is -2.08. The summed E-state index contributed by atoms with van der Waals surface area (Å²) >= 11 is 0. The third-order valence-electron chi connectivity index (χ3n) is 2.39. The maximum Gasteiger partial charge on any atom is 0.266 e. The predicted molar refractivity (Wildman–Crippen MR) is 54.8 cm³/mol. The molecular formula is C10H11N3O2. The number of nitrogens with zero attached hydrogens (tertiary/aromatic N) is 2. The van der Waals surface area contributed by atoms with E-state index in [1.165, 1.54) is 0 Å². The van der Waals surface area contributed by atoms with E-state index >= 15 is 0 Å². The van der Waals surface area contributed by atoms with E-state index in [0.29, 0.717) is 0 Å². The Bertz CT molecular complexity index is 432. The molecule has 5 heteroatoms. The van der Waals surface area contributed by atoms with Gasteiger partial charge in [-0.3, -0.25) is 10.1 Å². The zero-order valence-electron chi connectivity index (χ0n) is 8.30. The summed E-state index contributed by atoms with van der Waals surface area (Å²) in [5, 5.41) is 10.7. The Morgan fingerprint density at radius 1 is 1.67 bits per heavy atom. The normalized spacial score (nSPS) is 20.7. The zero-order chi connectivity index (χ0) is 10.8. The SMILES string of the molecule is CC1=CC([N+](=O)[O-])=CC(c2ncc[nH]2)C1. The number of rotatable bonds is 2. The fourth-order valence-electron chi connectivity index (χ4n) is 1.74. The van der Waals surface area contributed by atoms with Gasteiger partial charge in [-0.15, -0.1) is 0 Å². The van der Waals surface area contributed by atoms with Crippen LogP contribution in [0.5, 0.6) is 0 Å². The van der Waals surface area contributed by atoms with E-state index in [1.54, 1.807) is 24.5 Å². The molecule has 0 saturated carbocycles. The summed E-state index contributed by atoms with van der Waals surface area (Å²) in [5.41, 5.74) is 1.16. The second-order valence-corrected chi connectivity index (χ2v) is 3.62. The average molecular weight is 205 g/mol. The first kappa shape index (κ1) is 9.64. The smallest absolute Gasteiger partial charge is 0.266 e. The van der Waals surface area contributed by atoms with Crippen LogP contribution in [0.4, 0.5) is 0 Å². The van der Waals surface area contributed by atoms with Crippen LogP contribution in [0.25, 0.3) is 0 Å². The molecule has 0 fully saturated rings. The van der Waals surface area contributed by atoms with Crippen molar-refractivity contribution in [2.45, 2.75) is 19.3 Å². The molecule has 0 spiro atoms. The highest BCUT2D eigenvalue weighted by atomic mass is 16.6. The minimum absolute atomic E-state index is 0.00889. The molecule has 1 aromatic heterocycles. The highest BCUT2D eigenvalue weighted by Gasteiger charge is 2.22. The van der Waals surface area contributed by atoms with Crippen LogP contribution in [0.2, 0.25) is 0 Å². The van der Waals surface area contributed by atoms with Crippen LogP contribution >= 0.6 is 0 Å². The van der Waals surface area contributed by atoms with E-state index in [-0.39, 0.29) is 16.5 Å². The van der Waals surface area contributed by atoms with Crippen molar-refractivity contribution in [1.29, 1.82) is 0 Å². The van der Waals surface area contributed by atoms with Crippen molar-refractivity contribution < 1.29 is 4.92 Å². The third-order valence-corrected chi connectivity index (χ3v) is 2.39. The van der Waals surface area contributed by atoms with E-state index in [9.17, 15) is 10.1 Å². The standard InChI is InChI=1S/C10H11N3O2/c1-7-4-8(10-11-2-3-12-10)6-9(5-7)13(14)15/h2-3,5-6,8H,4H2,1H3,(H,11,12). The summed E-state index contributed by atoms with van der Waals surface area (Å²) in [6.45, 7) is 1.90.